The van der Waals surface area contributed by atoms with Crippen LogP contribution in [-0.2, 0) is 0 Å². The number of rotatable bonds is 1. The van der Waals surface area contributed by atoms with E-state index in [1.807, 2.05) is 30.3 Å². The van der Waals surface area contributed by atoms with Gasteiger partial charge in [-0.25, -0.2) is 9.97 Å². The van der Waals surface area contributed by atoms with Crippen LogP contribution in [0.1, 0.15) is 0 Å². The van der Waals surface area contributed by atoms with Crippen molar-refractivity contribution in [1.29, 1.82) is 0 Å². The summed E-state index contributed by atoms with van der Waals surface area (Å²) in [6.07, 6.45) is 3.47. The molecule has 0 aliphatic rings. The molecule has 0 aliphatic carbocycles. The van der Waals surface area contributed by atoms with E-state index in [2.05, 4.69) is 37.5 Å². The van der Waals surface area contributed by atoms with Crippen LogP contribution in [0.4, 0.5) is 0 Å². The second-order valence-corrected chi connectivity index (χ2v) is 5.27. The molecule has 0 saturated carbocycles. The van der Waals surface area contributed by atoms with Crippen LogP contribution in [0.2, 0.25) is 5.15 Å². The van der Waals surface area contributed by atoms with Gasteiger partial charge in [-0.05, 0) is 34.7 Å². The maximum atomic E-state index is 6.00. The Morgan fingerprint density at radius 3 is 2.72 bits per heavy atom. The number of halogens is 2. The Balaban J connectivity index is 2.16. The number of aromatic nitrogens is 3. The molecule has 0 N–H and O–H groups in total. The third-order valence-electron chi connectivity index (χ3n) is 2.55. The molecule has 3 rings (SSSR count). The number of fused-ring (bicyclic) bond motifs is 1. The number of hydrogen-bond acceptors (Lipinski definition) is 3. The van der Waals surface area contributed by atoms with Gasteiger partial charge in [0.05, 0.1) is 9.09 Å². The van der Waals surface area contributed by atoms with Crippen molar-refractivity contribution in [3.05, 3.63) is 51.4 Å². The molecule has 5 heteroatoms. The second kappa shape index (κ2) is 4.78. The zero-order valence-electron chi connectivity index (χ0n) is 9.14. The van der Waals surface area contributed by atoms with Gasteiger partial charge in [-0.3, -0.25) is 4.98 Å². The van der Waals surface area contributed by atoms with Crippen LogP contribution in [0.3, 0.4) is 0 Å². The van der Waals surface area contributed by atoms with E-state index in [0.717, 1.165) is 20.0 Å². The molecule has 0 unspecified atom stereocenters. The van der Waals surface area contributed by atoms with Crippen molar-refractivity contribution in [3.8, 4) is 11.4 Å². The molecule has 88 valence electrons. The van der Waals surface area contributed by atoms with Crippen molar-refractivity contribution in [1.82, 2.24) is 15.0 Å². The predicted molar refractivity (Wildman–Crippen MR) is 80.5 cm³/mol. The maximum absolute atomic E-state index is 6.00. The van der Waals surface area contributed by atoms with Crippen molar-refractivity contribution in [3.63, 3.8) is 0 Å². The van der Waals surface area contributed by atoms with E-state index >= 15 is 0 Å². The molecule has 0 radical (unpaired) electrons. The van der Waals surface area contributed by atoms with Crippen LogP contribution in [0, 0.1) is 3.57 Å². The number of hydrogen-bond donors (Lipinski definition) is 0. The lowest BCUT2D eigenvalue weighted by Gasteiger charge is -2.03. The van der Waals surface area contributed by atoms with Gasteiger partial charge >= 0.3 is 0 Å². The van der Waals surface area contributed by atoms with Gasteiger partial charge in [-0.1, -0.05) is 29.8 Å². The first-order valence-corrected chi connectivity index (χ1v) is 6.73. The van der Waals surface area contributed by atoms with Gasteiger partial charge in [0.2, 0.25) is 0 Å². The summed E-state index contributed by atoms with van der Waals surface area (Å²) in [5, 5.41) is 1.53. The molecule has 0 fully saturated rings. The molecule has 3 aromatic rings. The van der Waals surface area contributed by atoms with Gasteiger partial charge in [-0.15, -0.1) is 0 Å². The Bertz CT molecular complexity index is 730. The highest BCUT2D eigenvalue weighted by molar-refractivity contribution is 14.1. The summed E-state index contributed by atoms with van der Waals surface area (Å²) < 4.78 is 0.840. The van der Waals surface area contributed by atoms with E-state index in [1.54, 1.807) is 12.4 Å². The lowest BCUT2D eigenvalue weighted by molar-refractivity contribution is 1.15. The highest BCUT2D eigenvalue weighted by atomic mass is 127. The molecule has 0 atom stereocenters. The minimum atomic E-state index is 0.466. The smallest absolute Gasteiger partial charge is 0.162 e. The molecule has 0 aliphatic heterocycles. The van der Waals surface area contributed by atoms with Gasteiger partial charge in [0, 0.05) is 23.3 Å². The molecule has 18 heavy (non-hydrogen) atoms. The van der Waals surface area contributed by atoms with E-state index < -0.39 is 0 Å². The highest BCUT2D eigenvalue weighted by Crippen LogP contribution is 2.22. The Kier molecular flexibility index (Phi) is 3.13. The maximum Gasteiger partial charge on any atom is 0.162 e. The number of nitrogens with zero attached hydrogens (tertiary/aromatic N) is 3. The number of para-hydroxylation sites is 1. The Morgan fingerprint density at radius 2 is 1.89 bits per heavy atom. The summed E-state index contributed by atoms with van der Waals surface area (Å²) in [6, 6.07) is 9.95. The van der Waals surface area contributed by atoms with Gasteiger partial charge in [0.15, 0.2) is 5.82 Å². The molecule has 0 bridgehead atoms. The summed E-state index contributed by atoms with van der Waals surface area (Å²) in [5.74, 6) is 0.596. The van der Waals surface area contributed by atoms with Crippen molar-refractivity contribution >= 4 is 45.1 Å². The molecule has 1 aromatic carbocycles. The molecule has 0 amide bonds. The lowest BCUT2D eigenvalue weighted by atomic mass is 10.1. The van der Waals surface area contributed by atoms with Crippen LogP contribution in [0.15, 0.2) is 42.7 Å². The van der Waals surface area contributed by atoms with Crippen LogP contribution in [0.25, 0.3) is 22.3 Å². The zero-order valence-corrected chi connectivity index (χ0v) is 12.1. The van der Waals surface area contributed by atoms with Crippen molar-refractivity contribution in [2.45, 2.75) is 0 Å². The molecule has 0 spiro atoms. The summed E-state index contributed by atoms with van der Waals surface area (Å²) >= 11 is 8.10. The average molecular weight is 368 g/mol. The van der Waals surface area contributed by atoms with E-state index in [1.165, 1.54) is 0 Å². The van der Waals surface area contributed by atoms with Gasteiger partial charge < -0.3 is 0 Å². The van der Waals surface area contributed by atoms with Gasteiger partial charge in [-0.2, -0.15) is 0 Å². The van der Waals surface area contributed by atoms with Crippen molar-refractivity contribution < 1.29 is 0 Å². The van der Waals surface area contributed by atoms with Crippen LogP contribution in [-0.4, -0.2) is 15.0 Å². The first-order chi connectivity index (χ1) is 8.74. The van der Waals surface area contributed by atoms with E-state index in [0.29, 0.717) is 11.0 Å². The molecule has 2 heterocycles. The second-order valence-electron chi connectivity index (χ2n) is 3.75. The zero-order chi connectivity index (χ0) is 12.5. The molecule has 0 saturated heterocycles. The fraction of sp³-hybridized carbons (Fsp3) is 0. The minimum absolute atomic E-state index is 0.466. The largest absolute Gasteiger partial charge is 0.255 e. The number of benzene rings is 1. The average Bonchev–Trinajstić information content (AvgIpc) is 2.41. The molecular weight excluding hydrogens is 361 g/mol. The summed E-state index contributed by atoms with van der Waals surface area (Å²) in [5.41, 5.74) is 1.82. The van der Waals surface area contributed by atoms with Crippen LogP contribution < -0.4 is 0 Å². The van der Waals surface area contributed by atoms with Crippen molar-refractivity contribution in [2.24, 2.45) is 0 Å². The summed E-state index contributed by atoms with van der Waals surface area (Å²) in [6.45, 7) is 0. The Labute approximate surface area is 122 Å². The molecular formula is C13H7ClIN3. The number of pyridine rings is 1. The quantitative estimate of drug-likeness (QED) is 0.483. The molecule has 2 aromatic heterocycles. The van der Waals surface area contributed by atoms with E-state index in [4.69, 9.17) is 11.6 Å². The van der Waals surface area contributed by atoms with Crippen LogP contribution >= 0.6 is 34.2 Å². The Hall–Kier alpha value is -1.27. The monoisotopic (exact) mass is 367 g/mol. The highest BCUT2D eigenvalue weighted by Gasteiger charge is 2.06. The fourth-order valence-electron chi connectivity index (χ4n) is 1.68. The van der Waals surface area contributed by atoms with Crippen LogP contribution in [0.5, 0.6) is 0 Å². The van der Waals surface area contributed by atoms with E-state index in [9.17, 15) is 0 Å². The topological polar surface area (TPSA) is 38.7 Å². The lowest BCUT2D eigenvalue weighted by Crippen LogP contribution is -1.92. The third kappa shape index (κ3) is 2.18. The minimum Gasteiger partial charge on any atom is -0.255 e. The Morgan fingerprint density at radius 1 is 1.06 bits per heavy atom. The fourth-order valence-corrected chi connectivity index (χ4v) is 2.07. The predicted octanol–water partition coefficient (Wildman–Crippen LogP) is 3.95. The van der Waals surface area contributed by atoms with E-state index in [-0.39, 0.29) is 0 Å². The first-order valence-electron chi connectivity index (χ1n) is 5.27. The molecule has 3 nitrogen and oxygen atoms in total. The first kappa shape index (κ1) is 11.8. The standard InChI is InChI=1S/C13H7ClIN3/c14-12-10(15)7-17-13(18-12)9-5-8-3-1-2-4-11(8)16-6-9/h1-7H. The SMILES string of the molecule is Clc1nc(-c2cnc3ccccc3c2)ncc1I. The van der Waals surface area contributed by atoms with Crippen molar-refractivity contribution in [2.75, 3.05) is 0 Å². The van der Waals surface area contributed by atoms with Gasteiger partial charge in [0.25, 0.3) is 0 Å². The summed E-state index contributed by atoms with van der Waals surface area (Å²) in [7, 11) is 0. The normalized spacial score (nSPS) is 10.8. The third-order valence-corrected chi connectivity index (χ3v) is 3.95. The summed E-state index contributed by atoms with van der Waals surface area (Å²) in [4.78, 5) is 12.9. The van der Waals surface area contributed by atoms with Gasteiger partial charge in [0.1, 0.15) is 5.15 Å².